The van der Waals surface area contributed by atoms with Crippen molar-refractivity contribution in [1.29, 1.82) is 0 Å². The number of aromatic amines is 1. The van der Waals surface area contributed by atoms with Crippen molar-refractivity contribution in [1.82, 2.24) is 4.98 Å². The van der Waals surface area contributed by atoms with Gasteiger partial charge in [-0.3, -0.25) is 0 Å². The maximum atomic E-state index is 3.15. The van der Waals surface area contributed by atoms with Crippen molar-refractivity contribution in [2.45, 2.75) is 20.3 Å². The normalized spacial score (nSPS) is 12.0. The van der Waals surface area contributed by atoms with Gasteiger partial charge in [-0.05, 0) is 31.1 Å². The highest BCUT2D eigenvalue weighted by molar-refractivity contribution is 5.60. The van der Waals surface area contributed by atoms with E-state index in [4.69, 9.17) is 0 Å². The van der Waals surface area contributed by atoms with Gasteiger partial charge in [0, 0.05) is 11.9 Å². The van der Waals surface area contributed by atoms with Crippen molar-refractivity contribution in [2.24, 2.45) is 0 Å². The van der Waals surface area contributed by atoms with E-state index in [9.17, 15) is 0 Å². The number of nitrogens with one attached hydrogen (secondary N) is 1. The second-order valence-electron chi connectivity index (χ2n) is 2.38. The molecule has 0 aliphatic heterocycles. The highest BCUT2D eigenvalue weighted by Crippen LogP contribution is 2.10. The van der Waals surface area contributed by atoms with Crippen LogP contribution in [0.5, 0.6) is 0 Å². The summed E-state index contributed by atoms with van der Waals surface area (Å²) in [4.78, 5) is 3.15. The molecule has 1 heteroatoms. The van der Waals surface area contributed by atoms with Crippen LogP contribution in [0.4, 0.5) is 0 Å². The monoisotopic (exact) mass is 135 g/mol. The molecule has 1 nitrogen and oxygen atoms in total. The summed E-state index contributed by atoms with van der Waals surface area (Å²) in [7, 11) is 0. The van der Waals surface area contributed by atoms with Crippen LogP contribution in [0.2, 0.25) is 0 Å². The number of hydrogen-bond donors (Lipinski definition) is 1. The fraction of sp³-hybridized carbons (Fsp3) is 0.333. The average molecular weight is 135 g/mol. The van der Waals surface area contributed by atoms with Gasteiger partial charge in [0.25, 0.3) is 0 Å². The van der Waals surface area contributed by atoms with Crippen LogP contribution in [0.3, 0.4) is 0 Å². The second-order valence-corrected chi connectivity index (χ2v) is 2.38. The molecule has 54 valence electrons. The zero-order chi connectivity index (χ0) is 7.40. The van der Waals surface area contributed by atoms with Gasteiger partial charge in [-0.1, -0.05) is 13.0 Å². The Hall–Kier alpha value is -0.980. The number of allylic oxidation sites excluding steroid dienone is 2. The minimum Gasteiger partial charge on any atom is -0.361 e. The van der Waals surface area contributed by atoms with Crippen LogP contribution in [0.15, 0.2) is 24.4 Å². The first-order valence-corrected chi connectivity index (χ1v) is 3.65. The van der Waals surface area contributed by atoms with Crippen LogP contribution in [-0.2, 0) is 0 Å². The van der Waals surface area contributed by atoms with Crippen molar-refractivity contribution in [2.75, 3.05) is 0 Å². The van der Waals surface area contributed by atoms with E-state index >= 15 is 0 Å². The van der Waals surface area contributed by atoms with E-state index in [0.29, 0.717) is 0 Å². The number of rotatable bonds is 2. The summed E-state index contributed by atoms with van der Waals surface area (Å²) in [6.07, 6.45) is 5.26. The molecule has 1 aromatic heterocycles. The van der Waals surface area contributed by atoms with E-state index < -0.39 is 0 Å². The first-order valence-electron chi connectivity index (χ1n) is 3.65. The predicted molar refractivity (Wildman–Crippen MR) is 44.7 cm³/mol. The van der Waals surface area contributed by atoms with Gasteiger partial charge in [0.05, 0.1) is 0 Å². The lowest BCUT2D eigenvalue weighted by atomic mass is 10.2. The van der Waals surface area contributed by atoms with Crippen LogP contribution in [0, 0.1) is 0 Å². The quantitative estimate of drug-likeness (QED) is 0.641. The van der Waals surface area contributed by atoms with Gasteiger partial charge in [0.2, 0.25) is 0 Å². The van der Waals surface area contributed by atoms with Gasteiger partial charge < -0.3 is 4.98 Å². The van der Waals surface area contributed by atoms with Gasteiger partial charge in [-0.25, -0.2) is 0 Å². The average Bonchev–Trinajstić information content (AvgIpc) is 2.38. The van der Waals surface area contributed by atoms with Gasteiger partial charge >= 0.3 is 0 Å². The fourth-order valence-electron chi connectivity index (χ4n) is 0.992. The second kappa shape index (κ2) is 3.25. The molecule has 0 fully saturated rings. The maximum absolute atomic E-state index is 3.15. The summed E-state index contributed by atoms with van der Waals surface area (Å²) in [6, 6.07) is 4.10. The molecule has 0 amide bonds. The summed E-state index contributed by atoms with van der Waals surface area (Å²) in [5.74, 6) is 0. The smallest absolute Gasteiger partial charge is 0.0406 e. The number of hydrogen-bond acceptors (Lipinski definition) is 0. The van der Waals surface area contributed by atoms with Crippen LogP contribution < -0.4 is 0 Å². The molecule has 0 atom stereocenters. The summed E-state index contributed by atoms with van der Waals surface area (Å²) in [5, 5.41) is 0. The van der Waals surface area contributed by atoms with E-state index in [1.165, 1.54) is 11.3 Å². The minimum atomic E-state index is 1.10. The molecule has 1 heterocycles. The SMILES string of the molecule is CC/C=C(\C)c1ccc[nH]1. The predicted octanol–water partition coefficient (Wildman–Crippen LogP) is 2.83. The Labute approximate surface area is 61.8 Å². The molecule has 0 aliphatic carbocycles. The van der Waals surface area contributed by atoms with Crippen molar-refractivity contribution in [3.8, 4) is 0 Å². The molecule has 1 aromatic rings. The van der Waals surface area contributed by atoms with Crippen molar-refractivity contribution in [3.63, 3.8) is 0 Å². The van der Waals surface area contributed by atoms with Crippen LogP contribution in [0.1, 0.15) is 26.0 Å². The Morgan fingerprint density at radius 3 is 3.00 bits per heavy atom. The lowest BCUT2D eigenvalue weighted by Crippen LogP contribution is -1.76. The Kier molecular flexibility index (Phi) is 2.32. The molecule has 0 saturated heterocycles. The standard InChI is InChI=1S/C9H13N/c1-3-5-8(2)9-6-4-7-10-9/h4-7,10H,3H2,1-2H3/b8-5+. The summed E-state index contributed by atoms with van der Waals surface area (Å²) >= 11 is 0. The third kappa shape index (κ3) is 1.50. The summed E-state index contributed by atoms with van der Waals surface area (Å²) in [6.45, 7) is 4.27. The fourth-order valence-corrected chi connectivity index (χ4v) is 0.992. The topological polar surface area (TPSA) is 15.8 Å². The van der Waals surface area contributed by atoms with Gasteiger partial charge in [-0.2, -0.15) is 0 Å². The number of aromatic nitrogens is 1. The molecule has 1 rings (SSSR count). The van der Waals surface area contributed by atoms with Gasteiger partial charge in [-0.15, -0.1) is 0 Å². The molecule has 10 heavy (non-hydrogen) atoms. The largest absolute Gasteiger partial charge is 0.361 e. The van der Waals surface area contributed by atoms with E-state index in [1.54, 1.807) is 0 Å². The summed E-state index contributed by atoms with van der Waals surface area (Å²) in [5.41, 5.74) is 2.55. The third-order valence-electron chi connectivity index (χ3n) is 1.53. The highest BCUT2D eigenvalue weighted by Gasteiger charge is 1.91. The lowest BCUT2D eigenvalue weighted by Gasteiger charge is -1.94. The zero-order valence-electron chi connectivity index (χ0n) is 6.52. The number of H-pyrrole nitrogens is 1. The Balaban J connectivity index is 2.77. The Bertz CT molecular complexity index is 207. The minimum absolute atomic E-state index is 1.10. The Morgan fingerprint density at radius 2 is 2.50 bits per heavy atom. The molecule has 0 saturated carbocycles. The zero-order valence-corrected chi connectivity index (χ0v) is 6.52. The molecule has 0 radical (unpaired) electrons. The van der Waals surface area contributed by atoms with E-state index in [0.717, 1.165) is 6.42 Å². The molecular weight excluding hydrogens is 122 g/mol. The van der Waals surface area contributed by atoms with Gasteiger partial charge in [0.1, 0.15) is 0 Å². The lowest BCUT2D eigenvalue weighted by molar-refractivity contribution is 1.21. The molecule has 0 unspecified atom stereocenters. The van der Waals surface area contributed by atoms with E-state index in [-0.39, 0.29) is 0 Å². The van der Waals surface area contributed by atoms with Crippen LogP contribution >= 0.6 is 0 Å². The molecular formula is C9H13N. The molecule has 1 N–H and O–H groups in total. The molecule has 0 bridgehead atoms. The summed E-state index contributed by atoms with van der Waals surface area (Å²) < 4.78 is 0. The first-order chi connectivity index (χ1) is 4.84. The van der Waals surface area contributed by atoms with Crippen LogP contribution in [-0.4, -0.2) is 4.98 Å². The Morgan fingerprint density at radius 1 is 1.70 bits per heavy atom. The highest BCUT2D eigenvalue weighted by atomic mass is 14.7. The maximum Gasteiger partial charge on any atom is 0.0406 e. The van der Waals surface area contributed by atoms with Gasteiger partial charge in [0.15, 0.2) is 0 Å². The van der Waals surface area contributed by atoms with Crippen LogP contribution in [0.25, 0.3) is 5.57 Å². The van der Waals surface area contributed by atoms with E-state index in [1.807, 2.05) is 12.3 Å². The van der Waals surface area contributed by atoms with Crippen molar-refractivity contribution < 1.29 is 0 Å². The third-order valence-corrected chi connectivity index (χ3v) is 1.53. The van der Waals surface area contributed by atoms with E-state index in [2.05, 4.69) is 31.0 Å². The molecule has 0 aromatic carbocycles. The molecule has 0 spiro atoms. The first kappa shape index (κ1) is 7.13. The molecule has 0 aliphatic rings. The van der Waals surface area contributed by atoms with Crippen molar-refractivity contribution in [3.05, 3.63) is 30.1 Å². The van der Waals surface area contributed by atoms with Crippen molar-refractivity contribution >= 4 is 5.57 Å².